The highest BCUT2D eigenvalue weighted by molar-refractivity contribution is 5.76. The molecular weight excluding hydrogens is 302 g/mol. The van der Waals surface area contributed by atoms with E-state index in [1.54, 1.807) is 6.92 Å². The molecule has 0 spiro atoms. The fourth-order valence-electron chi connectivity index (χ4n) is 3.53. The van der Waals surface area contributed by atoms with Crippen LogP contribution in [0.15, 0.2) is 18.2 Å². The lowest BCUT2D eigenvalue weighted by Gasteiger charge is -2.34. The Morgan fingerprint density at radius 3 is 3.13 bits per heavy atom. The molecule has 0 aromatic heterocycles. The van der Waals surface area contributed by atoms with Gasteiger partial charge in [0.05, 0.1) is 19.3 Å². The number of ether oxygens (including phenoxy) is 1. The van der Waals surface area contributed by atoms with Crippen LogP contribution in [0.2, 0.25) is 0 Å². The summed E-state index contributed by atoms with van der Waals surface area (Å²) in [6.07, 6.45) is 3.16. The monoisotopic (exact) mass is 324 g/mol. The molecule has 3 atom stereocenters. The quantitative estimate of drug-likeness (QED) is 0.875. The van der Waals surface area contributed by atoms with E-state index in [9.17, 15) is 13.6 Å². The summed E-state index contributed by atoms with van der Waals surface area (Å²) >= 11 is 0. The van der Waals surface area contributed by atoms with Crippen molar-refractivity contribution in [2.45, 2.75) is 50.2 Å². The highest BCUT2D eigenvalue weighted by Gasteiger charge is 2.42. The molecule has 2 fully saturated rings. The summed E-state index contributed by atoms with van der Waals surface area (Å²) in [5, 5.41) is 6.33. The van der Waals surface area contributed by atoms with Crippen LogP contribution in [0.5, 0.6) is 0 Å². The van der Waals surface area contributed by atoms with Crippen LogP contribution in [-0.2, 0) is 9.53 Å². The molecule has 2 N–H and O–H groups in total. The maximum Gasteiger partial charge on any atom is 0.220 e. The Balaban J connectivity index is 1.53. The molecule has 0 radical (unpaired) electrons. The van der Waals surface area contributed by atoms with E-state index in [1.165, 1.54) is 12.1 Å². The van der Waals surface area contributed by atoms with Gasteiger partial charge in [0.25, 0.3) is 0 Å². The van der Waals surface area contributed by atoms with E-state index in [4.69, 9.17) is 4.74 Å². The zero-order chi connectivity index (χ0) is 16.4. The van der Waals surface area contributed by atoms with Crippen molar-refractivity contribution in [3.63, 3.8) is 0 Å². The number of carbonyl (C=O) groups excluding carboxylic acids is 1. The van der Waals surface area contributed by atoms with Crippen molar-refractivity contribution in [3.8, 4) is 0 Å². The Bertz CT molecular complexity index is 592. The van der Waals surface area contributed by atoms with E-state index in [1.807, 2.05) is 0 Å². The van der Waals surface area contributed by atoms with Gasteiger partial charge in [0.15, 0.2) is 0 Å². The van der Waals surface area contributed by atoms with Crippen LogP contribution >= 0.6 is 0 Å². The van der Waals surface area contributed by atoms with Gasteiger partial charge in [-0.1, -0.05) is 6.07 Å². The van der Waals surface area contributed by atoms with Crippen molar-refractivity contribution in [1.29, 1.82) is 0 Å². The summed E-state index contributed by atoms with van der Waals surface area (Å²) in [4.78, 5) is 12.1. The minimum absolute atomic E-state index is 0.0926. The molecule has 2 bridgehead atoms. The van der Waals surface area contributed by atoms with E-state index < -0.39 is 17.7 Å². The van der Waals surface area contributed by atoms with Crippen LogP contribution in [0.1, 0.15) is 44.2 Å². The lowest BCUT2D eigenvalue weighted by molar-refractivity contribution is -0.122. The number of carbonyl (C=O) groups is 1. The van der Waals surface area contributed by atoms with Crippen molar-refractivity contribution in [2.75, 3.05) is 13.2 Å². The third kappa shape index (κ3) is 3.70. The molecule has 1 aromatic carbocycles. The maximum absolute atomic E-state index is 13.7. The SMILES string of the molecule is C[C@@H](NC(=O)CC[C@]12CC[C@H](COC1)N2)c1ccc(F)cc1F. The Labute approximate surface area is 134 Å². The average Bonchev–Trinajstić information content (AvgIpc) is 2.80. The molecule has 0 saturated carbocycles. The van der Waals surface area contributed by atoms with Gasteiger partial charge in [0.1, 0.15) is 11.6 Å². The van der Waals surface area contributed by atoms with E-state index in [-0.39, 0.29) is 17.0 Å². The molecule has 0 unspecified atom stereocenters. The molecule has 2 heterocycles. The first kappa shape index (κ1) is 16.3. The van der Waals surface area contributed by atoms with Gasteiger partial charge in [-0.05, 0) is 32.3 Å². The lowest BCUT2D eigenvalue weighted by atomic mass is 9.92. The molecule has 126 valence electrons. The van der Waals surface area contributed by atoms with Gasteiger partial charge >= 0.3 is 0 Å². The first-order valence-electron chi connectivity index (χ1n) is 8.07. The summed E-state index contributed by atoms with van der Waals surface area (Å²) in [6, 6.07) is 3.30. The molecular formula is C17H22F2N2O2. The summed E-state index contributed by atoms with van der Waals surface area (Å²) in [7, 11) is 0. The number of fused-ring (bicyclic) bond motifs is 2. The van der Waals surface area contributed by atoms with Crippen molar-refractivity contribution >= 4 is 5.91 Å². The third-order valence-electron chi connectivity index (χ3n) is 4.82. The zero-order valence-electron chi connectivity index (χ0n) is 13.2. The molecule has 2 aliphatic rings. The second-order valence-electron chi connectivity index (χ2n) is 6.63. The fourth-order valence-corrected chi connectivity index (χ4v) is 3.53. The summed E-state index contributed by atoms with van der Waals surface area (Å²) in [6.45, 7) is 3.08. The molecule has 6 heteroatoms. The predicted octanol–water partition coefficient (Wildman–Crippen LogP) is 2.44. The molecule has 2 saturated heterocycles. The van der Waals surface area contributed by atoms with Gasteiger partial charge in [0.2, 0.25) is 5.91 Å². The zero-order valence-corrected chi connectivity index (χ0v) is 13.2. The van der Waals surface area contributed by atoms with Gasteiger partial charge < -0.3 is 15.4 Å². The maximum atomic E-state index is 13.7. The van der Waals surface area contributed by atoms with Gasteiger partial charge in [-0.3, -0.25) is 4.79 Å². The second kappa shape index (κ2) is 6.53. The van der Waals surface area contributed by atoms with Crippen LogP contribution < -0.4 is 10.6 Å². The molecule has 23 heavy (non-hydrogen) atoms. The van der Waals surface area contributed by atoms with Gasteiger partial charge in [-0.2, -0.15) is 0 Å². The van der Waals surface area contributed by atoms with Gasteiger partial charge in [-0.25, -0.2) is 8.78 Å². The molecule has 4 nitrogen and oxygen atoms in total. The number of benzene rings is 1. The number of halogens is 2. The first-order valence-corrected chi connectivity index (χ1v) is 8.07. The molecule has 3 rings (SSSR count). The number of hydrogen-bond acceptors (Lipinski definition) is 3. The lowest BCUT2D eigenvalue weighted by Crippen LogP contribution is -2.53. The number of morpholine rings is 1. The van der Waals surface area contributed by atoms with Crippen LogP contribution in [0.25, 0.3) is 0 Å². The van der Waals surface area contributed by atoms with Gasteiger partial charge in [0, 0.05) is 29.6 Å². The Morgan fingerprint density at radius 2 is 2.35 bits per heavy atom. The summed E-state index contributed by atoms with van der Waals surface area (Å²) in [5.41, 5.74) is 0.197. The van der Waals surface area contributed by atoms with Crippen LogP contribution in [0, 0.1) is 11.6 Å². The first-order chi connectivity index (χ1) is 11.0. The van der Waals surface area contributed by atoms with E-state index in [2.05, 4.69) is 10.6 Å². The molecule has 2 aliphatic heterocycles. The molecule has 1 aromatic rings. The number of amides is 1. The Kier molecular flexibility index (Phi) is 4.64. The minimum Gasteiger partial charge on any atom is -0.378 e. The van der Waals surface area contributed by atoms with Crippen LogP contribution in [0.4, 0.5) is 8.78 Å². The molecule has 0 aliphatic carbocycles. The highest BCUT2D eigenvalue weighted by atomic mass is 19.1. The summed E-state index contributed by atoms with van der Waals surface area (Å²) in [5.74, 6) is -1.40. The minimum atomic E-state index is -0.641. The number of hydrogen-bond donors (Lipinski definition) is 2. The van der Waals surface area contributed by atoms with Crippen LogP contribution in [0.3, 0.4) is 0 Å². The smallest absolute Gasteiger partial charge is 0.220 e. The molecule has 1 amide bonds. The van der Waals surface area contributed by atoms with Crippen LogP contribution in [-0.4, -0.2) is 30.7 Å². The Hall–Kier alpha value is -1.53. The normalized spacial score (nSPS) is 27.7. The second-order valence-corrected chi connectivity index (χ2v) is 6.63. The fraction of sp³-hybridized carbons (Fsp3) is 0.588. The highest BCUT2D eigenvalue weighted by Crippen LogP contribution is 2.32. The van der Waals surface area contributed by atoms with E-state index in [0.717, 1.165) is 25.5 Å². The van der Waals surface area contributed by atoms with Crippen molar-refractivity contribution < 1.29 is 18.3 Å². The van der Waals surface area contributed by atoms with E-state index >= 15 is 0 Å². The third-order valence-corrected chi connectivity index (χ3v) is 4.82. The largest absolute Gasteiger partial charge is 0.378 e. The van der Waals surface area contributed by atoms with E-state index in [0.29, 0.717) is 25.5 Å². The number of rotatable bonds is 5. The summed E-state index contributed by atoms with van der Waals surface area (Å²) < 4.78 is 32.3. The predicted molar refractivity (Wildman–Crippen MR) is 81.9 cm³/mol. The topological polar surface area (TPSA) is 50.4 Å². The average molecular weight is 324 g/mol. The van der Waals surface area contributed by atoms with Gasteiger partial charge in [-0.15, -0.1) is 0 Å². The van der Waals surface area contributed by atoms with Crippen molar-refractivity contribution in [3.05, 3.63) is 35.4 Å². The van der Waals surface area contributed by atoms with Crippen molar-refractivity contribution in [2.24, 2.45) is 0 Å². The number of nitrogens with one attached hydrogen (secondary N) is 2. The van der Waals surface area contributed by atoms with Crippen molar-refractivity contribution in [1.82, 2.24) is 10.6 Å². The Morgan fingerprint density at radius 1 is 1.52 bits per heavy atom. The standard InChI is InChI=1S/C17H22F2N2O2/c1-11(14-3-2-12(18)8-15(14)19)20-16(22)5-7-17-6-4-13(21-17)9-23-10-17/h2-3,8,11,13,21H,4-7,9-10H2,1H3,(H,20,22)/t11-,13-,17-/m1/s1.